The maximum atomic E-state index is 12.8. The number of nitrogens with one attached hydrogen (secondary N) is 2. The number of rotatable bonds is 6. The second-order valence-electron chi connectivity index (χ2n) is 8.60. The SMILES string of the molecule is CN=C(NCCN1C(=O)C2C3C=CC(C3)C2C1=O)NCc1cccc(-c2ccccn2)c1. The van der Waals surface area contributed by atoms with Crippen molar-refractivity contribution in [2.24, 2.45) is 28.7 Å². The first kappa shape index (κ1) is 20.4. The highest BCUT2D eigenvalue weighted by Gasteiger charge is 2.58. The summed E-state index contributed by atoms with van der Waals surface area (Å²) in [6.45, 7) is 1.42. The Morgan fingerprint density at radius 1 is 1.06 bits per heavy atom. The molecule has 2 aliphatic carbocycles. The predicted molar refractivity (Wildman–Crippen MR) is 122 cm³/mol. The first-order chi connectivity index (χ1) is 15.7. The van der Waals surface area contributed by atoms with E-state index in [-0.39, 0.29) is 35.5 Å². The van der Waals surface area contributed by atoms with Gasteiger partial charge in [-0.1, -0.05) is 36.4 Å². The lowest BCUT2D eigenvalue weighted by atomic mass is 9.85. The molecular weight excluding hydrogens is 402 g/mol. The summed E-state index contributed by atoms with van der Waals surface area (Å²) in [6, 6.07) is 14.1. The lowest BCUT2D eigenvalue weighted by Gasteiger charge is -2.18. The molecule has 3 aliphatic rings. The van der Waals surface area contributed by atoms with Crippen LogP contribution in [0.2, 0.25) is 0 Å². The lowest BCUT2D eigenvalue weighted by molar-refractivity contribution is -0.140. The van der Waals surface area contributed by atoms with Gasteiger partial charge in [-0.25, -0.2) is 0 Å². The number of guanidine groups is 1. The Bertz CT molecular complexity index is 1050. The van der Waals surface area contributed by atoms with E-state index in [2.05, 4.69) is 44.9 Å². The Morgan fingerprint density at radius 2 is 1.84 bits per heavy atom. The van der Waals surface area contributed by atoms with E-state index in [9.17, 15) is 9.59 Å². The minimum atomic E-state index is -0.138. The molecule has 4 unspecified atom stereocenters. The number of pyridine rings is 1. The molecule has 1 aromatic carbocycles. The van der Waals surface area contributed by atoms with E-state index < -0.39 is 0 Å². The third-order valence-electron chi connectivity index (χ3n) is 6.76. The molecule has 2 N–H and O–H groups in total. The smallest absolute Gasteiger partial charge is 0.233 e. The maximum Gasteiger partial charge on any atom is 0.233 e. The quantitative estimate of drug-likeness (QED) is 0.318. The summed E-state index contributed by atoms with van der Waals surface area (Å²) in [5, 5.41) is 6.52. The highest BCUT2D eigenvalue weighted by molar-refractivity contribution is 6.06. The van der Waals surface area contributed by atoms with E-state index in [0.29, 0.717) is 25.6 Å². The largest absolute Gasteiger partial charge is 0.355 e. The summed E-state index contributed by atoms with van der Waals surface area (Å²) in [4.78, 5) is 35.7. The fourth-order valence-corrected chi connectivity index (χ4v) is 5.25. The van der Waals surface area contributed by atoms with Gasteiger partial charge in [0.1, 0.15) is 0 Å². The van der Waals surface area contributed by atoms with Crippen LogP contribution < -0.4 is 10.6 Å². The Hall–Kier alpha value is -3.48. The van der Waals surface area contributed by atoms with Gasteiger partial charge in [0, 0.05) is 38.4 Å². The van der Waals surface area contributed by atoms with Gasteiger partial charge in [0.2, 0.25) is 11.8 Å². The fraction of sp³-hybridized carbons (Fsp3) is 0.360. The summed E-state index contributed by atoms with van der Waals surface area (Å²) in [7, 11) is 1.71. The lowest BCUT2D eigenvalue weighted by Crippen LogP contribution is -2.43. The van der Waals surface area contributed by atoms with Crippen molar-refractivity contribution in [2.45, 2.75) is 13.0 Å². The fourth-order valence-electron chi connectivity index (χ4n) is 5.25. The summed E-state index contributed by atoms with van der Waals surface area (Å²) >= 11 is 0. The van der Waals surface area contributed by atoms with Gasteiger partial charge in [-0.05, 0) is 42.0 Å². The van der Waals surface area contributed by atoms with Crippen molar-refractivity contribution in [3.63, 3.8) is 0 Å². The van der Waals surface area contributed by atoms with Crippen LogP contribution >= 0.6 is 0 Å². The highest BCUT2D eigenvalue weighted by Crippen LogP contribution is 2.52. The Kier molecular flexibility index (Phi) is 5.47. The third-order valence-corrected chi connectivity index (χ3v) is 6.76. The molecular formula is C25H27N5O2. The molecule has 1 saturated heterocycles. The zero-order valence-electron chi connectivity index (χ0n) is 18.1. The van der Waals surface area contributed by atoms with Crippen LogP contribution in [0.15, 0.2) is 65.8 Å². The van der Waals surface area contributed by atoms with Crippen molar-refractivity contribution >= 4 is 17.8 Å². The van der Waals surface area contributed by atoms with Crippen molar-refractivity contribution in [3.8, 4) is 11.3 Å². The van der Waals surface area contributed by atoms with Crippen LogP contribution in [0.1, 0.15) is 12.0 Å². The van der Waals surface area contributed by atoms with Gasteiger partial charge in [-0.3, -0.25) is 24.5 Å². The second kappa shape index (κ2) is 8.57. The number of amides is 2. The molecule has 1 aromatic heterocycles. The zero-order valence-corrected chi connectivity index (χ0v) is 18.1. The average molecular weight is 430 g/mol. The molecule has 164 valence electrons. The molecule has 5 rings (SSSR count). The average Bonchev–Trinajstić information content (AvgIpc) is 3.52. The monoisotopic (exact) mass is 429 g/mol. The number of benzene rings is 1. The summed E-state index contributed by atoms with van der Waals surface area (Å²) in [5.41, 5.74) is 3.11. The number of hydrogen-bond donors (Lipinski definition) is 2. The molecule has 7 heteroatoms. The minimum Gasteiger partial charge on any atom is -0.355 e. The number of aromatic nitrogens is 1. The van der Waals surface area contributed by atoms with Crippen LogP contribution in [0, 0.1) is 23.7 Å². The molecule has 1 aliphatic heterocycles. The molecule has 7 nitrogen and oxygen atoms in total. The Balaban J connectivity index is 1.13. The molecule has 32 heavy (non-hydrogen) atoms. The van der Waals surface area contributed by atoms with Crippen LogP contribution in [0.25, 0.3) is 11.3 Å². The van der Waals surface area contributed by atoms with E-state index in [4.69, 9.17) is 0 Å². The van der Waals surface area contributed by atoms with Crippen molar-refractivity contribution in [2.75, 3.05) is 20.1 Å². The van der Waals surface area contributed by atoms with Crippen LogP contribution in [-0.2, 0) is 16.1 Å². The van der Waals surface area contributed by atoms with Gasteiger partial charge >= 0.3 is 0 Å². The molecule has 0 radical (unpaired) electrons. The van der Waals surface area contributed by atoms with Crippen LogP contribution in [-0.4, -0.2) is 47.8 Å². The van der Waals surface area contributed by atoms with E-state index >= 15 is 0 Å². The minimum absolute atomic E-state index is 0.00654. The number of aliphatic imine (C=N–C) groups is 1. The third kappa shape index (κ3) is 3.68. The van der Waals surface area contributed by atoms with Gasteiger partial charge < -0.3 is 10.6 Å². The number of carbonyl (C=O) groups is 2. The number of nitrogens with zero attached hydrogens (tertiary/aromatic N) is 3. The van der Waals surface area contributed by atoms with Crippen LogP contribution in [0.5, 0.6) is 0 Å². The van der Waals surface area contributed by atoms with Gasteiger partial charge in [0.15, 0.2) is 5.96 Å². The van der Waals surface area contributed by atoms with Gasteiger partial charge in [0.25, 0.3) is 0 Å². The predicted octanol–water partition coefficient (Wildman–Crippen LogP) is 2.22. The van der Waals surface area contributed by atoms with Crippen molar-refractivity contribution in [1.29, 1.82) is 0 Å². The Morgan fingerprint density at radius 3 is 2.53 bits per heavy atom. The maximum absolute atomic E-state index is 12.8. The number of likely N-dealkylation sites (tertiary alicyclic amines) is 1. The van der Waals surface area contributed by atoms with Crippen molar-refractivity contribution in [3.05, 3.63) is 66.4 Å². The summed E-state index contributed by atoms with van der Waals surface area (Å²) in [5.74, 6) is 0.837. The van der Waals surface area contributed by atoms with E-state index in [1.807, 2.05) is 30.3 Å². The van der Waals surface area contributed by atoms with Gasteiger partial charge in [0.05, 0.1) is 17.5 Å². The first-order valence-electron chi connectivity index (χ1n) is 11.1. The first-order valence-corrected chi connectivity index (χ1v) is 11.1. The molecule has 0 spiro atoms. The molecule has 2 bridgehead atoms. The normalized spacial score (nSPS) is 26.0. The summed E-state index contributed by atoms with van der Waals surface area (Å²) < 4.78 is 0. The zero-order chi connectivity index (χ0) is 22.1. The number of allylic oxidation sites excluding steroid dienone is 2. The molecule has 2 heterocycles. The van der Waals surface area contributed by atoms with Crippen molar-refractivity contribution in [1.82, 2.24) is 20.5 Å². The molecule has 1 saturated carbocycles. The van der Waals surface area contributed by atoms with E-state index in [1.54, 1.807) is 13.2 Å². The van der Waals surface area contributed by atoms with E-state index in [0.717, 1.165) is 23.2 Å². The van der Waals surface area contributed by atoms with Crippen LogP contribution in [0.3, 0.4) is 0 Å². The number of imide groups is 1. The highest BCUT2D eigenvalue weighted by atomic mass is 16.2. The second-order valence-corrected chi connectivity index (χ2v) is 8.60. The topological polar surface area (TPSA) is 86.7 Å². The number of carbonyl (C=O) groups excluding carboxylic acids is 2. The van der Waals surface area contributed by atoms with Gasteiger partial charge in [-0.2, -0.15) is 0 Å². The molecule has 2 amide bonds. The Labute approximate surface area is 187 Å². The van der Waals surface area contributed by atoms with Crippen LogP contribution in [0.4, 0.5) is 0 Å². The number of hydrogen-bond acceptors (Lipinski definition) is 4. The van der Waals surface area contributed by atoms with E-state index in [1.165, 1.54) is 4.90 Å². The number of fused-ring (bicyclic) bond motifs is 5. The standard InChI is InChI=1S/C25H27N5O2/c1-26-25(29-15-16-5-4-6-17(13-16)20-7-2-3-10-27-20)28-11-12-30-23(31)21-18-8-9-19(14-18)22(21)24(30)32/h2-10,13,18-19,21-22H,11-12,14-15H2,1H3,(H2,26,28,29). The van der Waals surface area contributed by atoms with Crippen molar-refractivity contribution < 1.29 is 9.59 Å². The molecule has 2 fully saturated rings. The summed E-state index contributed by atoms with van der Waals surface area (Å²) in [6.07, 6.45) is 6.98. The van der Waals surface area contributed by atoms with Gasteiger partial charge in [-0.15, -0.1) is 0 Å². The molecule has 2 aromatic rings. The molecule has 4 atom stereocenters.